The molecule has 0 atom stereocenters. The van der Waals surface area contributed by atoms with Crippen LogP contribution in [0.2, 0.25) is 5.02 Å². The molecule has 0 spiro atoms. The summed E-state index contributed by atoms with van der Waals surface area (Å²) in [4.78, 5) is 30.1. The lowest BCUT2D eigenvalue weighted by Gasteiger charge is -2.13. The third-order valence-corrected chi connectivity index (χ3v) is 5.50. The van der Waals surface area contributed by atoms with Crippen LogP contribution in [0.25, 0.3) is 16.6 Å². The molecule has 0 bridgehead atoms. The van der Waals surface area contributed by atoms with Gasteiger partial charge >= 0.3 is 0 Å². The van der Waals surface area contributed by atoms with Crippen molar-refractivity contribution in [3.05, 3.63) is 94.0 Å². The molecule has 0 unspecified atom stereocenters. The van der Waals surface area contributed by atoms with Gasteiger partial charge in [0.25, 0.3) is 5.56 Å². The van der Waals surface area contributed by atoms with E-state index in [9.17, 15) is 14.0 Å². The Morgan fingerprint density at radius 1 is 1.03 bits per heavy atom. The number of nitrogens with one attached hydrogen (secondary N) is 1. The van der Waals surface area contributed by atoms with E-state index in [1.807, 2.05) is 0 Å². The van der Waals surface area contributed by atoms with Crippen molar-refractivity contribution in [2.24, 2.45) is 0 Å². The number of benzene rings is 3. The molecule has 0 radical (unpaired) electrons. The van der Waals surface area contributed by atoms with Crippen LogP contribution in [0.4, 0.5) is 10.1 Å². The van der Waals surface area contributed by atoms with Gasteiger partial charge in [-0.1, -0.05) is 47.6 Å². The van der Waals surface area contributed by atoms with Gasteiger partial charge in [-0.3, -0.25) is 14.2 Å². The molecule has 1 aromatic heterocycles. The van der Waals surface area contributed by atoms with Gasteiger partial charge in [0, 0.05) is 5.02 Å². The van der Waals surface area contributed by atoms with Crippen LogP contribution in [0.15, 0.2) is 82.7 Å². The molecule has 1 N–H and O–H groups in total. The van der Waals surface area contributed by atoms with Gasteiger partial charge in [0.1, 0.15) is 5.82 Å². The number of fused-ring (bicyclic) bond motifs is 1. The summed E-state index contributed by atoms with van der Waals surface area (Å²) in [5, 5.41) is 3.89. The Balaban J connectivity index is 1.68. The summed E-state index contributed by atoms with van der Waals surface area (Å²) >= 11 is 7.07. The highest BCUT2D eigenvalue weighted by Gasteiger charge is 2.15. The number of para-hydroxylation sites is 2. The number of hydrogen-bond acceptors (Lipinski definition) is 4. The lowest BCUT2D eigenvalue weighted by molar-refractivity contribution is -0.113. The summed E-state index contributed by atoms with van der Waals surface area (Å²) in [5.74, 6) is -0.972. The van der Waals surface area contributed by atoms with E-state index in [4.69, 9.17) is 11.6 Å². The van der Waals surface area contributed by atoms with Crippen molar-refractivity contribution in [2.45, 2.75) is 5.16 Å². The Hall–Kier alpha value is -3.16. The monoisotopic (exact) mass is 439 g/mol. The Morgan fingerprint density at radius 2 is 1.73 bits per heavy atom. The van der Waals surface area contributed by atoms with E-state index in [1.165, 1.54) is 16.7 Å². The number of aromatic nitrogens is 2. The number of nitrogens with zero attached hydrogens (tertiary/aromatic N) is 2. The first-order chi connectivity index (χ1) is 14.5. The van der Waals surface area contributed by atoms with Crippen molar-refractivity contribution >= 4 is 45.9 Å². The minimum atomic E-state index is -0.516. The highest BCUT2D eigenvalue weighted by atomic mass is 35.5. The Morgan fingerprint density at radius 3 is 2.50 bits per heavy atom. The Labute approximate surface area is 180 Å². The minimum Gasteiger partial charge on any atom is -0.323 e. The molecule has 150 valence electrons. The zero-order valence-electron chi connectivity index (χ0n) is 15.5. The second kappa shape index (κ2) is 8.69. The number of halogens is 2. The quantitative estimate of drug-likeness (QED) is 0.354. The largest absolute Gasteiger partial charge is 0.323 e. The predicted octanol–water partition coefficient (Wildman–Crippen LogP) is 4.91. The fourth-order valence-electron chi connectivity index (χ4n) is 2.91. The minimum absolute atomic E-state index is 0.0489. The molecule has 0 aliphatic rings. The van der Waals surface area contributed by atoms with Crippen LogP contribution in [0.1, 0.15) is 0 Å². The number of hydrogen-bond donors (Lipinski definition) is 1. The summed E-state index contributed by atoms with van der Waals surface area (Å²) < 4.78 is 15.2. The van der Waals surface area contributed by atoms with E-state index >= 15 is 0 Å². The van der Waals surface area contributed by atoms with E-state index in [2.05, 4.69) is 10.3 Å². The highest BCUT2D eigenvalue weighted by Crippen LogP contribution is 2.23. The van der Waals surface area contributed by atoms with Crippen molar-refractivity contribution in [1.82, 2.24) is 9.55 Å². The second-order valence-corrected chi connectivity index (χ2v) is 7.72. The molecule has 0 saturated carbocycles. The van der Waals surface area contributed by atoms with Gasteiger partial charge in [-0.05, 0) is 48.5 Å². The fourth-order valence-corrected chi connectivity index (χ4v) is 3.84. The number of carbonyl (C=O) groups excluding carboxylic acids is 1. The zero-order valence-corrected chi connectivity index (χ0v) is 17.1. The summed E-state index contributed by atoms with van der Waals surface area (Å²) in [6.45, 7) is 0. The third-order valence-electron chi connectivity index (χ3n) is 4.31. The number of amides is 1. The third kappa shape index (κ3) is 4.22. The van der Waals surface area contributed by atoms with E-state index < -0.39 is 11.7 Å². The lowest BCUT2D eigenvalue weighted by atomic mass is 10.2. The molecule has 30 heavy (non-hydrogen) atoms. The zero-order chi connectivity index (χ0) is 21.1. The molecule has 0 aliphatic heterocycles. The van der Waals surface area contributed by atoms with Crippen LogP contribution in [0.5, 0.6) is 0 Å². The molecular weight excluding hydrogens is 425 g/mol. The second-order valence-electron chi connectivity index (χ2n) is 6.35. The first kappa shape index (κ1) is 20.1. The van der Waals surface area contributed by atoms with Gasteiger partial charge in [0.2, 0.25) is 5.91 Å². The maximum atomic E-state index is 13.8. The van der Waals surface area contributed by atoms with Crippen molar-refractivity contribution in [3.8, 4) is 5.69 Å². The van der Waals surface area contributed by atoms with Crippen molar-refractivity contribution in [3.63, 3.8) is 0 Å². The molecule has 4 rings (SSSR count). The SMILES string of the molecule is O=C(CSc1nc2ccccc2c(=O)n1-c1ccc(Cl)cc1)Nc1ccccc1F. The summed E-state index contributed by atoms with van der Waals surface area (Å²) in [6.07, 6.45) is 0. The number of rotatable bonds is 5. The molecule has 4 aromatic rings. The van der Waals surface area contributed by atoms with E-state index in [0.29, 0.717) is 26.8 Å². The molecule has 1 heterocycles. The van der Waals surface area contributed by atoms with Crippen LogP contribution in [-0.4, -0.2) is 21.2 Å². The first-order valence-electron chi connectivity index (χ1n) is 8.98. The fraction of sp³-hybridized carbons (Fsp3) is 0.0455. The van der Waals surface area contributed by atoms with E-state index in [-0.39, 0.29) is 17.0 Å². The summed E-state index contributed by atoms with van der Waals surface area (Å²) in [5.41, 5.74) is 0.967. The van der Waals surface area contributed by atoms with Gasteiger partial charge in [0.05, 0.1) is 28.0 Å². The van der Waals surface area contributed by atoms with Gasteiger partial charge in [-0.15, -0.1) is 0 Å². The smallest absolute Gasteiger partial charge is 0.266 e. The number of thioether (sulfide) groups is 1. The molecule has 8 heteroatoms. The molecule has 5 nitrogen and oxygen atoms in total. The van der Waals surface area contributed by atoms with Crippen molar-refractivity contribution in [1.29, 1.82) is 0 Å². The average molecular weight is 440 g/mol. The molecule has 3 aromatic carbocycles. The molecule has 0 fully saturated rings. The maximum absolute atomic E-state index is 13.8. The van der Waals surface area contributed by atoms with Crippen molar-refractivity contribution < 1.29 is 9.18 Å². The van der Waals surface area contributed by atoms with Crippen LogP contribution < -0.4 is 10.9 Å². The van der Waals surface area contributed by atoms with Gasteiger partial charge < -0.3 is 5.32 Å². The Bertz CT molecular complexity index is 1290. The van der Waals surface area contributed by atoms with Crippen LogP contribution in [0, 0.1) is 5.82 Å². The van der Waals surface area contributed by atoms with Crippen molar-refractivity contribution in [2.75, 3.05) is 11.1 Å². The highest BCUT2D eigenvalue weighted by molar-refractivity contribution is 7.99. The van der Waals surface area contributed by atoms with Crippen LogP contribution >= 0.6 is 23.4 Å². The number of anilines is 1. The first-order valence-corrected chi connectivity index (χ1v) is 10.3. The maximum Gasteiger partial charge on any atom is 0.266 e. The molecule has 0 aliphatic carbocycles. The topological polar surface area (TPSA) is 64.0 Å². The Kier molecular flexibility index (Phi) is 5.83. The van der Waals surface area contributed by atoms with Crippen LogP contribution in [-0.2, 0) is 4.79 Å². The molecule has 0 saturated heterocycles. The standard InChI is InChI=1S/C22H15ClFN3O2S/c23-14-9-11-15(12-10-14)27-21(29)16-5-1-3-7-18(16)26-22(27)30-13-20(28)25-19-8-4-2-6-17(19)24/h1-12H,13H2,(H,25,28). The summed E-state index contributed by atoms with van der Waals surface area (Å²) in [6, 6.07) is 19.7. The van der Waals surface area contributed by atoms with E-state index in [1.54, 1.807) is 60.7 Å². The van der Waals surface area contributed by atoms with Crippen LogP contribution in [0.3, 0.4) is 0 Å². The van der Waals surface area contributed by atoms with Gasteiger partial charge in [-0.25, -0.2) is 9.37 Å². The predicted molar refractivity (Wildman–Crippen MR) is 118 cm³/mol. The molecule has 1 amide bonds. The van der Waals surface area contributed by atoms with Gasteiger partial charge in [-0.2, -0.15) is 0 Å². The van der Waals surface area contributed by atoms with E-state index in [0.717, 1.165) is 11.8 Å². The normalized spacial score (nSPS) is 10.9. The van der Waals surface area contributed by atoms with Gasteiger partial charge in [0.15, 0.2) is 5.16 Å². The molecular formula is C22H15ClFN3O2S. The average Bonchev–Trinajstić information content (AvgIpc) is 2.75. The number of carbonyl (C=O) groups is 1. The lowest BCUT2D eigenvalue weighted by Crippen LogP contribution is -2.23. The summed E-state index contributed by atoms with van der Waals surface area (Å²) in [7, 11) is 0.